The summed E-state index contributed by atoms with van der Waals surface area (Å²) >= 11 is 0. The highest BCUT2D eigenvalue weighted by atomic mass is 32.2. The summed E-state index contributed by atoms with van der Waals surface area (Å²) in [6.07, 6.45) is 3.04. The summed E-state index contributed by atoms with van der Waals surface area (Å²) in [6.45, 7) is 0. The number of hydrogen-bond acceptors (Lipinski definition) is 5. The molecule has 0 aliphatic carbocycles. The number of urea groups is 1. The van der Waals surface area contributed by atoms with Gasteiger partial charge in [-0.1, -0.05) is 0 Å². The van der Waals surface area contributed by atoms with Crippen LogP contribution in [0.3, 0.4) is 0 Å². The van der Waals surface area contributed by atoms with Gasteiger partial charge in [-0.25, -0.2) is 23.2 Å². The van der Waals surface area contributed by atoms with E-state index in [1.54, 1.807) is 6.07 Å². The molecule has 2 amide bonds. The van der Waals surface area contributed by atoms with Crippen molar-refractivity contribution in [1.82, 2.24) is 15.3 Å². The predicted molar refractivity (Wildman–Crippen MR) is 59.3 cm³/mol. The molecule has 0 saturated carbocycles. The van der Waals surface area contributed by atoms with E-state index >= 15 is 0 Å². The van der Waals surface area contributed by atoms with Gasteiger partial charge in [0.1, 0.15) is 0 Å². The lowest BCUT2D eigenvalue weighted by molar-refractivity contribution is 0.250. The van der Waals surface area contributed by atoms with Crippen molar-refractivity contribution in [2.45, 2.75) is 12.1 Å². The Morgan fingerprint density at radius 3 is 2.71 bits per heavy atom. The quantitative estimate of drug-likeness (QED) is 0.660. The average molecular weight is 254 g/mol. The van der Waals surface area contributed by atoms with E-state index in [0.29, 0.717) is 0 Å². The molecule has 2 aliphatic heterocycles. The van der Waals surface area contributed by atoms with Gasteiger partial charge in [0.25, 0.3) is 0 Å². The maximum Gasteiger partial charge on any atom is 0.324 e. The van der Waals surface area contributed by atoms with Crippen molar-refractivity contribution in [3.63, 3.8) is 0 Å². The van der Waals surface area contributed by atoms with E-state index in [4.69, 9.17) is 0 Å². The molecule has 2 saturated heterocycles. The van der Waals surface area contributed by atoms with Crippen LogP contribution >= 0.6 is 0 Å². The molecule has 2 atom stereocenters. The summed E-state index contributed by atoms with van der Waals surface area (Å²) in [7, 11) is -3.08. The Morgan fingerprint density at radius 2 is 2.00 bits per heavy atom. The normalized spacial score (nSPS) is 30.1. The summed E-state index contributed by atoms with van der Waals surface area (Å²) in [5.74, 6) is 0.205. The Hall–Kier alpha value is -1.70. The number of amides is 2. The maximum atomic E-state index is 11.7. The highest BCUT2D eigenvalue weighted by Gasteiger charge is 2.50. The number of nitrogens with zero attached hydrogens (tertiary/aromatic N) is 3. The van der Waals surface area contributed by atoms with Gasteiger partial charge in [-0.3, -0.25) is 4.90 Å². The molecule has 0 unspecified atom stereocenters. The zero-order valence-corrected chi connectivity index (χ0v) is 9.59. The second-order valence-electron chi connectivity index (χ2n) is 4.12. The molecular formula is C9H10N4O3S. The smallest absolute Gasteiger partial charge is 0.324 e. The molecule has 0 spiro atoms. The number of hydrogen-bond donors (Lipinski definition) is 1. The largest absolute Gasteiger partial charge is 0.332 e. The molecule has 0 aromatic carbocycles. The van der Waals surface area contributed by atoms with Crippen LogP contribution in [0.2, 0.25) is 0 Å². The summed E-state index contributed by atoms with van der Waals surface area (Å²) < 4.78 is 23.0. The van der Waals surface area contributed by atoms with Gasteiger partial charge in [0.05, 0.1) is 23.6 Å². The minimum absolute atomic E-state index is 0.00720. The monoisotopic (exact) mass is 254 g/mol. The topological polar surface area (TPSA) is 92.3 Å². The molecule has 8 heteroatoms. The van der Waals surface area contributed by atoms with E-state index in [0.717, 1.165) is 0 Å². The molecule has 1 N–H and O–H groups in total. The van der Waals surface area contributed by atoms with Crippen molar-refractivity contribution in [3.05, 3.63) is 18.5 Å². The lowest BCUT2D eigenvalue weighted by atomic mass is 10.2. The Labute approximate surface area is 97.8 Å². The van der Waals surface area contributed by atoms with Crippen molar-refractivity contribution >= 4 is 21.8 Å². The van der Waals surface area contributed by atoms with Crippen molar-refractivity contribution in [3.8, 4) is 0 Å². The second kappa shape index (κ2) is 3.39. The van der Waals surface area contributed by atoms with Crippen molar-refractivity contribution in [2.75, 3.05) is 16.4 Å². The molecule has 0 radical (unpaired) electrons. The summed E-state index contributed by atoms with van der Waals surface area (Å²) in [6, 6.07) is 0.563. The third-order valence-electron chi connectivity index (χ3n) is 2.95. The Bertz CT molecular complexity index is 559. The standard InChI is InChI=1S/C9H10N4O3S/c14-9-12-6-4-17(15,16)5-7(6)13(9)8-10-2-1-3-11-8/h1-3,6-7H,4-5H2,(H,12,14)/t6-,7+/m0/s1. The van der Waals surface area contributed by atoms with Gasteiger partial charge in [0, 0.05) is 12.4 Å². The molecule has 2 fully saturated rings. The van der Waals surface area contributed by atoms with Crippen LogP contribution in [0.1, 0.15) is 0 Å². The lowest BCUT2D eigenvalue weighted by Gasteiger charge is -2.18. The molecule has 3 heterocycles. The first-order valence-electron chi connectivity index (χ1n) is 5.14. The van der Waals surface area contributed by atoms with Crippen molar-refractivity contribution in [2.24, 2.45) is 0 Å². The number of anilines is 1. The molecule has 3 rings (SSSR count). The van der Waals surface area contributed by atoms with E-state index < -0.39 is 15.9 Å². The summed E-state index contributed by atoms with van der Waals surface area (Å²) in [5, 5.41) is 2.65. The van der Waals surface area contributed by atoms with E-state index in [1.807, 2.05) is 0 Å². The first-order chi connectivity index (χ1) is 8.07. The number of nitrogens with one attached hydrogen (secondary N) is 1. The average Bonchev–Trinajstić information content (AvgIpc) is 2.69. The number of fused-ring (bicyclic) bond motifs is 1. The number of aromatic nitrogens is 2. The van der Waals surface area contributed by atoms with Crippen LogP contribution in [0.25, 0.3) is 0 Å². The zero-order valence-electron chi connectivity index (χ0n) is 8.78. The van der Waals surface area contributed by atoms with Crippen molar-refractivity contribution < 1.29 is 13.2 Å². The van der Waals surface area contributed by atoms with Gasteiger partial charge in [-0.15, -0.1) is 0 Å². The molecule has 0 bridgehead atoms. The van der Waals surface area contributed by atoms with Crippen LogP contribution < -0.4 is 10.2 Å². The van der Waals surface area contributed by atoms with Crippen LogP contribution in [0.4, 0.5) is 10.7 Å². The molecule has 17 heavy (non-hydrogen) atoms. The molecule has 2 aliphatic rings. The van der Waals surface area contributed by atoms with Gasteiger partial charge in [-0.05, 0) is 6.07 Å². The van der Waals surface area contributed by atoms with Gasteiger partial charge in [0.2, 0.25) is 5.95 Å². The number of carbonyl (C=O) groups is 1. The fourth-order valence-electron chi connectivity index (χ4n) is 2.25. The first-order valence-corrected chi connectivity index (χ1v) is 6.96. The van der Waals surface area contributed by atoms with E-state index in [-0.39, 0.29) is 29.5 Å². The predicted octanol–water partition coefficient (Wildman–Crippen LogP) is -0.828. The minimum Gasteiger partial charge on any atom is -0.332 e. The van der Waals surface area contributed by atoms with Crippen LogP contribution in [-0.2, 0) is 9.84 Å². The minimum atomic E-state index is -3.08. The SMILES string of the molecule is O=C1N[C@H]2CS(=O)(=O)C[C@H]2N1c1ncccn1. The van der Waals surface area contributed by atoms with Gasteiger partial charge < -0.3 is 5.32 Å². The number of carbonyl (C=O) groups excluding carboxylic acids is 1. The van der Waals surface area contributed by atoms with Crippen molar-refractivity contribution in [1.29, 1.82) is 0 Å². The van der Waals surface area contributed by atoms with Crippen LogP contribution in [0.5, 0.6) is 0 Å². The fourth-order valence-corrected chi connectivity index (χ4v) is 4.15. The van der Waals surface area contributed by atoms with Gasteiger partial charge in [-0.2, -0.15) is 0 Å². The number of sulfone groups is 1. The van der Waals surface area contributed by atoms with E-state index in [9.17, 15) is 13.2 Å². The second-order valence-corrected chi connectivity index (χ2v) is 6.27. The molecule has 1 aromatic rings. The molecular weight excluding hydrogens is 244 g/mol. The third-order valence-corrected chi connectivity index (χ3v) is 4.67. The van der Waals surface area contributed by atoms with Gasteiger partial charge in [0.15, 0.2) is 9.84 Å². The molecule has 7 nitrogen and oxygen atoms in total. The van der Waals surface area contributed by atoms with Crippen LogP contribution in [0.15, 0.2) is 18.5 Å². The van der Waals surface area contributed by atoms with Crippen LogP contribution in [0, 0.1) is 0 Å². The number of rotatable bonds is 1. The lowest BCUT2D eigenvalue weighted by Crippen LogP contribution is -2.38. The highest BCUT2D eigenvalue weighted by molar-refractivity contribution is 7.91. The highest BCUT2D eigenvalue weighted by Crippen LogP contribution is 2.26. The van der Waals surface area contributed by atoms with Crippen LogP contribution in [-0.4, -0.2) is 48.0 Å². The Morgan fingerprint density at radius 1 is 1.29 bits per heavy atom. The Kier molecular flexibility index (Phi) is 2.09. The van der Waals surface area contributed by atoms with Gasteiger partial charge >= 0.3 is 6.03 Å². The third kappa shape index (κ3) is 1.64. The first kappa shape index (κ1) is 10.5. The summed E-state index contributed by atoms with van der Waals surface area (Å²) in [4.78, 5) is 21.0. The van der Waals surface area contributed by atoms with E-state index in [1.165, 1.54) is 17.3 Å². The zero-order chi connectivity index (χ0) is 12.0. The maximum absolute atomic E-state index is 11.7. The Balaban J connectivity index is 1.98. The molecule has 1 aromatic heterocycles. The fraction of sp³-hybridized carbons (Fsp3) is 0.444. The molecule has 90 valence electrons. The summed E-state index contributed by atoms with van der Waals surface area (Å²) in [5.41, 5.74) is 0. The van der Waals surface area contributed by atoms with E-state index in [2.05, 4.69) is 15.3 Å².